The number of carboxylic acids is 1. The highest BCUT2D eigenvalue weighted by Crippen LogP contribution is 2.41. The van der Waals surface area contributed by atoms with Crippen molar-refractivity contribution in [3.05, 3.63) is 46.8 Å². The molecule has 8 heteroatoms. The van der Waals surface area contributed by atoms with Gasteiger partial charge < -0.3 is 10.8 Å². The first-order valence-electron chi connectivity index (χ1n) is 12.2. The lowest BCUT2D eigenvalue weighted by atomic mass is 9.91. The number of carbonyl (C=O) groups is 3. The van der Waals surface area contributed by atoms with Gasteiger partial charge in [-0.15, -0.1) is 0 Å². The number of nitrogens with two attached hydrogens (primary N) is 1. The van der Waals surface area contributed by atoms with Crippen molar-refractivity contribution in [3.63, 3.8) is 0 Å². The van der Waals surface area contributed by atoms with Gasteiger partial charge in [-0.1, -0.05) is 57.5 Å². The lowest BCUT2D eigenvalue weighted by molar-refractivity contribution is -0.150. The number of nitrogens with zero attached hydrogens (tertiary/aromatic N) is 3. The Morgan fingerprint density at radius 2 is 1.74 bits per heavy atom. The quantitative estimate of drug-likeness (QED) is 0.513. The zero-order valence-electron chi connectivity index (χ0n) is 21.5. The summed E-state index contributed by atoms with van der Waals surface area (Å²) in [4.78, 5) is 46.5. The van der Waals surface area contributed by atoms with Gasteiger partial charge in [0.25, 0.3) is 5.91 Å². The first-order chi connectivity index (χ1) is 16.5. The van der Waals surface area contributed by atoms with E-state index in [1.54, 1.807) is 20.8 Å². The number of urea groups is 1. The molecule has 8 nitrogen and oxygen atoms in total. The minimum atomic E-state index is -1.46. The number of amides is 3. The van der Waals surface area contributed by atoms with Crippen LogP contribution in [0.3, 0.4) is 0 Å². The third-order valence-corrected chi connectivity index (χ3v) is 6.95. The molecule has 1 aliphatic heterocycles. The fraction of sp³-hybridized carbons (Fsp3) is 0.481. The van der Waals surface area contributed by atoms with Crippen LogP contribution in [0.4, 0.5) is 10.5 Å². The molecule has 3 rings (SSSR count). The Hall–Kier alpha value is -3.26. The summed E-state index contributed by atoms with van der Waals surface area (Å²) in [5.41, 5.74) is 9.94. The maximum Gasteiger partial charge on any atom is 0.332 e. The lowest BCUT2D eigenvalue weighted by Gasteiger charge is -2.36. The van der Waals surface area contributed by atoms with Crippen LogP contribution in [0, 0.1) is 19.8 Å². The number of aliphatic carboxylic acids is 1. The number of carbonyl (C=O) groups excluding carboxylic acids is 2. The van der Waals surface area contributed by atoms with Crippen molar-refractivity contribution >= 4 is 23.6 Å². The number of aryl methyl sites for hydroxylation is 2. The van der Waals surface area contributed by atoms with Crippen LogP contribution in [0.15, 0.2) is 24.3 Å². The van der Waals surface area contributed by atoms with Gasteiger partial charge in [-0.3, -0.25) is 14.7 Å². The van der Waals surface area contributed by atoms with Crippen LogP contribution in [0.2, 0.25) is 0 Å². The number of anilines is 1. The molecule has 3 N–H and O–H groups in total. The van der Waals surface area contributed by atoms with Crippen molar-refractivity contribution in [2.45, 2.75) is 72.9 Å². The minimum absolute atomic E-state index is 0.189. The summed E-state index contributed by atoms with van der Waals surface area (Å²) in [6.45, 7) is 11.3. The molecule has 2 aromatic rings. The molecule has 3 amide bonds. The molecule has 1 aromatic carbocycles. The molecular weight excluding hydrogens is 444 g/mol. The highest BCUT2D eigenvalue weighted by Gasteiger charge is 2.52. The van der Waals surface area contributed by atoms with Crippen molar-refractivity contribution < 1.29 is 19.5 Å². The van der Waals surface area contributed by atoms with Gasteiger partial charge in [0.15, 0.2) is 0 Å². The Kier molecular flexibility index (Phi) is 7.65. The molecule has 35 heavy (non-hydrogen) atoms. The van der Waals surface area contributed by atoms with E-state index in [4.69, 9.17) is 10.7 Å². The molecule has 1 fully saturated rings. The Morgan fingerprint density at radius 1 is 1.14 bits per heavy atom. The van der Waals surface area contributed by atoms with Gasteiger partial charge in [0, 0.05) is 17.8 Å². The molecular formula is C27H36N4O4. The molecule has 2 heterocycles. The van der Waals surface area contributed by atoms with Crippen molar-refractivity contribution in [2.75, 3.05) is 11.4 Å². The number of carboxylic acid groups (broad SMARTS) is 1. The van der Waals surface area contributed by atoms with E-state index in [1.165, 1.54) is 4.90 Å². The second-order valence-electron chi connectivity index (χ2n) is 9.66. The summed E-state index contributed by atoms with van der Waals surface area (Å²) in [6.07, 6.45) is 1.08. The number of aromatic nitrogens is 1. The van der Waals surface area contributed by atoms with Crippen molar-refractivity contribution in [2.24, 2.45) is 11.7 Å². The van der Waals surface area contributed by atoms with E-state index < -0.39 is 23.4 Å². The Morgan fingerprint density at radius 3 is 2.23 bits per heavy atom. The molecule has 1 aromatic heterocycles. The second kappa shape index (κ2) is 10.2. The van der Waals surface area contributed by atoms with Crippen molar-refractivity contribution in [1.82, 2.24) is 9.88 Å². The number of rotatable bonds is 9. The molecule has 0 saturated carbocycles. The van der Waals surface area contributed by atoms with Crippen LogP contribution >= 0.6 is 0 Å². The number of benzene rings is 1. The monoisotopic (exact) mass is 480 g/mol. The summed E-state index contributed by atoms with van der Waals surface area (Å²) >= 11 is 0. The Bertz CT molecular complexity index is 1140. The normalized spacial score (nSPS) is 14.4. The van der Waals surface area contributed by atoms with Gasteiger partial charge in [-0.2, -0.15) is 0 Å². The first-order valence-corrected chi connectivity index (χ1v) is 12.2. The largest absolute Gasteiger partial charge is 0.479 e. The average Bonchev–Trinajstić information content (AvgIpc) is 3.09. The van der Waals surface area contributed by atoms with Gasteiger partial charge in [0.2, 0.25) is 0 Å². The van der Waals surface area contributed by atoms with Gasteiger partial charge in [0.05, 0.1) is 11.4 Å². The van der Waals surface area contributed by atoms with E-state index in [-0.39, 0.29) is 25.9 Å². The molecule has 1 saturated heterocycles. The van der Waals surface area contributed by atoms with Crippen LogP contribution in [0.5, 0.6) is 0 Å². The molecule has 0 radical (unpaired) electrons. The van der Waals surface area contributed by atoms with E-state index in [0.29, 0.717) is 29.3 Å². The zero-order chi connectivity index (χ0) is 26.1. The molecule has 0 aliphatic carbocycles. The van der Waals surface area contributed by atoms with Gasteiger partial charge in [0.1, 0.15) is 12.1 Å². The lowest BCUT2D eigenvalue weighted by Crippen LogP contribution is -2.55. The van der Waals surface area contributed by atoms with Crippen LogP contribution in [0.25, 0.3) is 11.1 Å². The highest BCUT2D eigenvalue weighted by atomic mass is 16.4. The predicted octanol–water partition coefficient (Wildman–Crippen LogP) is 4.43. The van der Waals surface area contributed by atoms with Gasteiger partial charge >= 0.3 is 12.0 Å². The molecule has 0 atom stereocenters. The standard InChI is InChI=1S/C27H36N4O4/c1-7-27(8-2,25(33)34)30-15-22(32)31(26(30)35)24-18(6)29-21(13-16(3)4)20(14-28)23(24)19-11-9-17(5)10-12-19/h9-12,16H,7-8,13-15,28H2,1-6H3,(H,33,34). The highest BCUT2D eigenvalue weighted by molar-refractivity contribution is 6.22. The van der Waals surface area contributed by atoms with Crippen LogP contribution in [-0.4, -0.2) is 45.0 Å². The summed E-state index contributed by atoms with van der Waals surface area (Å²) in [5.74, 6) is -1.26. The van der Waals surface area contributed by atoms with Crippen molar-refractivity contribution in [3.8, 4) is 11.1 Å². The number of hydrogen-bond acceptors (Lipinski definition) is 5. The van der Waals surface area contributed by atoms with Gasteiger partial charge in [-0.25, -0.2) is 14.5 Å². The van der Waals surface area contributed by atoms with Crippen molar-refractivity contribution in [1.29, 1.82) is 0 Å². The van der Waals surface area contributed by atoms with E-state index in [1.807, 2.05) is 31.2 Å². The fourth-order valence-electron chi connectivity index (χ4n) is 4.98. The summed E-state index contributed by atoms with van der Waals surface area (Å²) < 4.78 is 0. The second-order valence-corrected chi connectivity index (χ2v) is 9.66. The smallest absolute Gasteiger partial charge is 0.332 e. The van der Waals surface area contributed by atoms with E-state index in [9.17, 15) is 19.5 Å². The summed E-state index contributed by atoms with van der Waals surface area (Å²) in [7, 11) is 0. The molecule has 188 valence electrons. The maximum absolute atomic E-state index is 13.7. The average molecular weight is 481 g/mol. The number of hydrogen-bond donors (Lipinski definition) is 2. The third-order valence-electron chi connectivity index (χ3n) is 6.95. The Labute approximate surface area is 207 Å². The van der Waals surface area contributed by atoms with E-state index in [2.05, 4.69) is 13.8 Å². The van der Waals surface area contributed by atoms with Crippen LogP contribution in [-0.2, 0) is 22.6 Å². The molecule has 0 bridgehead atoms. The topological polar surface area (TPSA) is 117 Å². The molecule has 1 aliphatic rings. The fourth-order valence-corrected chi connectivity index (χ4v) is 4.98. The van der Waals surface area contributed by atoms with Gasteiger partial charge in [-0.05, 0) is 50.2 Å². The number of imide groups is 1. The predicted molar refractivity (Wildman–Crippen MR) is 136 cm³/mol. The first kappa shape index (κ1) is 26.3. The summed E-state index contributed by atoms with van der Waals surface area (Å²) in [6, 6.07) is 7.21. The molecule has 0 unspecified atom stereocenters. The SMILES string of the molecule is CCC(CC)(C(=O)O)N1CC(=O)N(c2c(C)nc(CC(C)C)c(CN)c2-c2ccc(C)cc2)C1=O. The Balaban J connectivity index is 2.29. The minimum Gasteiger partial charge on any atom is -0.479 e. The van der Waals surface area contributed by atoms with E-state index >= 15 is 0 Å². The maximum atomic E-state index is 13.7. The van der Waals surface area contributed by atoms with Crippen LogP contribution in [0.1, 0.15) is 63.1 Å². The number of pyridine rings is 1. The van der Waals surface area contributed by atoms with E-state index in [0.717, 1.165) is 27.3 Å². The third kappa shape index (κ3) is 4.55. The molecule has 0 spiro atoms. The zero-order valence-corrected chi connectivity index (χ0v) is 21.5. The summed E-state index contributed by atoms with van der Waals surface area (Å²) in [5, 5.41) is 10.0. The van der Waals surface area contributed by atoms with Crippen LogP contribution < -0.4 is 10.6 Å².